The van der Waals surface area contributed by atoms with Gasteiger partial charge in [-0.3, -0.25) is 4.57 Å². The number of Topliss-reactive ketones (excluding diaryl/α,β-unsaturated/α-hetero) is 1. The number of nitrogens with zero attached hydrogens (tertiary/aromatic N) is 2. The molecule has 2 saturated carbocycles. The molecule has 1 heterocycles. The molecule has 2 aromatic rings. The van der Waals surface area contributed by atoms with Crippen LogP contribution in [0.25, 0.3) is 11.0 Å². The van der Waals surface area contributed by atoms with Gasteiger partial charge in [-0.2, -0.15) is 4.98 Å². The summed E-state index contributed by atoms with van der Waals surface area (Å²) in [5.41, 5.74) is 2.01. The van der Waals surface area contributed by atoms with Gasteiger partial charge in [-0.15, -0.1) is 0 Å². The molecule has 0 spiro atoms. The maximum Gasteiger partial charge on any atom is 0.297 e. The molecule has 2 aliphatic rings. The summed E-state index contributed by atoms with van der Waals surface area (Å²) in [6.07, 6.45) is 6.67. The first-order valence-electron chi connectivity index (χ1n) is 10.8. The predicted octanol–water partition coefficient (Wildman–Crippen LogP) is 4.91. The number of hydrogen-bond donors (Lipinski definition) is 0. The van der Waals surface area contributed by atoms with Crippen molar-refractivity contribution in [2.45, 2.75) is 76.9 Å². The smallest absolute Gasteiger partial charge is 0.297 e. The number of fused-ring (bicyclic) bond motifs is 1. The van der Waals surface area contributed by atoms with Crippen LogP contribution in [0.15, 0.2) is 12.1 Å². The number of rotatable bonds is 8. The second-order valence-electron chi connectivity index (χ2n) is 8.93. The number of ketones is 1. The van der Waals surface area contributed by atoms with Crippen molar-refractivity contribution in [1.29, 1.82) is 0 Å². The van der Waals surface area contributed by atoms with Gasteiger partial charge < -0.3 is 14.3 Å². The van der Waals surface area contributed by atoms with E-state index in [4.69, 9.17) is 9.47 Å². The molecule has 29 heavy (non-hydrogen) atoms. The summed E-state index contributed by atoms with van der Waals surface area (Å²) in [6.45, 7) is 4.30. The minimum Gasteiger partial charge on any atom is -0.461 e. The largest absolute Gasteiger partial charge is 0.461 e. The number of benzene rings is 1. The second kappa shape index (κ2) is 8.42. The van der Waals surface area contributed by atoms with Gasteiger partial charge in [-0.05, 0) is 68.9 Å². The lowest BCUT2D eigenvalue weighted by Gasteiger charge is -2.29. The van der Waals surface area contributed by atoms with Crippen molar-refractivity contribution in [3.63, 3.8) is 0 Å². The minimum absolute atomic E-state index is 0.0750. The molecule has 2 fully saturated rings. The number of carbonyl (C=O) groups excluding carboxylic acids is 1. The zero-order valence-electron chi connectivity index (χ0n) is 17.6. The molecule has 1 aromatic heterocycles. The van der Waals surface area contributed by atoms with Gasteiger partial charge in [0, 0.05) is 20.1 Å². The molecule has 1 atom stereocenters. The van der Waals surface area contributed by atoms with E-state index in [1.165, 1.54) is 0 Å². The molecule has 0 saturated heterocycles. The molecule has 158 valence electrons. The average Bonchev–Trinajstić information content (AvgIpc) is 3.46. The number of hydrogen-bond acceptors (Lipinski definition) is 4. The molecular weight excluding hydrogens is 371 g/mol. The fraction of sp³-hybridized carbons (Fsp3) is 0.652. The molecule has 0 aliphatic heterocycles. The van der Waals surface area contributed by atoms with Crippen LogP contribution in [0.4, 0.5) is 4.39 Å². The van der Waals surface area contributed by atoms with E-state index in [1.54, 1.807) is 11.5 Å². The predicted molar refractivity (Wildman–Crippen MR) is 110 cm³/mol. The highest BCUT2D eigenvalue weighted by atomic mass is 19.1. The minimum atomic E-state index is -0.147. The Morgan fingerprint density at radius 2 is 1.90 bits per heavy atom. The third-order valence-corrected chi connectivity index (χ3v) is 6.13. The first kappa shape index (κ1) is 20.3. The van der Waals surface area contributed by atoms with Gasteiger partial charge in [0.05, 0.1) is 11.6 Å². The van der Waals surface area contributed by atoms with Crippen LogP contribution in [0.5, 0.6) is 6.01 Å². The average molecular weight is 403 g/mol. The number of ether oxygens (including phenoxy) is 2. The molecule has 2 aliphatic carbocycles. The van der Waals surface area contributed by atoms with E-state index in [0.29, 0.717) is 36.0 Å². The van der Waals surface area contributed by atoms with Crippen LogP contribution >= 0.6 is 0 Å². The van der Waals surface area contributed by atoms with Crippen LogP contribution in [-0.4, -0.2) is 34.1 Å². The van der Waals surface area contributed by atoms with Crippen molar-refractivity contribution < 1.29 is 18.7 Å². The molecule has 6 heteroatoms. The molecule has 0 bridgehead atoms. The number of aryl methyl sites for hydroxylation is 1. The quantitative estimate of drug-likeness (QED) is 0.629. The molecule has 5 nitrogen and oxygen atoms in total. The van der Waals surface area contributed by atoms with Gasteiger partial charge in [-0.1, -0.05) is 13.0 Å². The van der Waals surface area contributed by atoms with Crippen molar-refractivity contribution in [3.05, 3.63) is 23.5 Å². The van der Waals surface area contributed by atoms with E-state index in [9.17, 15) is 9.18 Å². The van der Waals surface area contributed by atoms with Crippen LogP contribution in [0, 0.1) is 11.7 Å². The molecule has 1 aromatic carbocycles. The molecule has 0 amide bonds. The number of aromatic nitrogens is 2. The molecule has 0 N–H and O–H groups in total. The first-order valence-corrected chi connectivity index (χ1v) is 10.8. The van der Waals surface area contributed by atoms with Crippen LogP contribution in [-0.2, 0) is 16.6 Å². The Morgan fingerprint density at radius 1 is 1.21 bits per heavy atom. The van der Waals surface area contributed by atoms with Gasteiger partial charge in [0.1, 0.15) is 17.4 Å². The van der Waals surface area contributed by atoms with Gasteiger partial charge in [0.2, 0.25) is 0 Å². The molecule has 4 rings (SSSR count). The van der Waals surface area contributed by atoms with E-state index in [1.807, 2.05) is 19.2 Å². The summed E-state index contributed by atoms with van der Waals surface area (Å²) in [5, 5.41) is 0. The van der Waals surface area contributed by atoms with Crippen molar-refractivity contribution in [2.24, 2.45) is 13.0 Å². The molecule has 0 unspecified atom stereocenters. The Balaban J connectivity index is 1.34. The van der Waals surface area contributed by atoms with Crippen LogP contribution in [0.1, 0.15) is 70.3 Å². The van der Waals surface area contributed by atoms with Gasteiger partial charge in [0.25, 0.3) is 6.01 Å². The Hall–Kier alpha value is -1.95. The monoisotopic (exact) mass is 402 g/mol. The normalized spacial score (nSPS) is 23.3. The standard InChI is InChI=1S/C23H31FN2O3/c1-14(12-15(2)27)13-28-17-6-8-18(9-7-17)29-23-25-20-11-10-19(16-4-5-16)21(24)22(20)26(23)3/h10-11,14,16-18H,4-9,12-13H2,1-3H3/t14-,17?,18?/m1/s1. The summed E-state index contributed by atoms with van der Waals surface area (Å²) < 4.78 is 28.8. The van der Waals surface area contributed by atoms with Crippen molar-refractivity contribution in [1.82, 2.24) is 9.55 Å². The third-order valence-electron chi connectivity index (χ3n) is 6.13. The fourth-order valence-corrected chi connectivity index (χ4v) is 4.38. The summed E-state index contributed by atoms with van der Waals surface area (Å²) in [4.78, 5) is 15.7. The van der Waals surface area contributed by atoms with Gasteiger partial charge in [0.15, 0.2) is 5.82 Å². The topological polar surface area (TPSA) is 53.4 Å². The Labute approximate surface area is 171 Å². The fourth-order valence-electron chi connectivity index (χ4n) is 4.38. The zero-order valence-corrected chi connectivity index (χ0v) is 17.6. The Bertz CT molecular complexity index is 882. The van der Waals surface area contributed by atoms with E-state index in [0.717, 1.165) is 44.1 Å². The summed E-state index contributed by atoms with van der Waals surface area (Å²) in [7, 11) is 1.83. The summed E-state index contributed by atoms with van der Waals surface area (Å²) in [6, 6.07) is 4.28. The highest BCUT2D eigenvalue weighted by Crippen LogP contribution is 2.43. The van der Waals surface area contributed by atoms with Gasteiger partial charge in [-0.25, -0.2) is 4.39 Å². The molecular formula is C23H31FN2O3. The highest BCUT2D eigenvalue weighted by molar-refractivity contribution is 5.78. The lowest BCUT2D eigenvalue weighted by atomic mass is 9.95. The Kier molecular flexibility index (Phi) is 5.91. The zero-order chi connectivity index (χ0) is 20.5. The maximum atomic E-state index is 14.9. The second-order valence-corrected chi connectivity index (χ2v) is 8.93. The SMILES string of the molecule is CC(=O)C[C@@H](C)COC1CCC(Oc2nc3ccc(C4CC4)c(F)c3n2C)CC1. The van der Waals surface area contributed by atoms with Crippen molar-refractivity contribution in [2.75, 3.05) is 6.61 Å². The van der Waals surface area contributed by atoms with Crippen LogP contribution in [0.2, 0.25) is 0 Å². The van der Waals surface area contributed by atoms with Crippen LogP contribution in [0.3, 0.4) is 0 Å². The van der Waals surface area contributed by atoms with Crippen LogP contribution < -0.4 is 4.74 Å². The number of carbonyl (C=O) groups is 1. The van der Waals surface area contributed by atoms with E-state index < -0.39 is 0 Å². The lowest BCUT2D eigenvalue weighted by Crippen LogP contribution is -2.30. The van der Waals surface area contributed by atoms with Crippen molar-refractivity contribution >= 4 is 16.8 Å². The first-order chi connectivity index (χ1) is 13.9. The van der Waals surface area contributed by atoms with E-state index in [-0.39, 0.29) is 29.7 Å². The van der Waals surface area contributed by atoms with E-state index >= 15 is 0 Å². The third kappa shape index (κ3) is 4.63. The number of halogens is 1. The lowest BCUT2D eigenvalue weighted by molar-refractivity contribution is -0.118. The Morgan fingerprint density at radius 3 is 2.55 bits per heavy atom. The van der Waals surface area contributed by atoms with E-state index in [2.05, 4.69) is 11.9 Å². The summed E-state index contributed by atoms with van der Waals surface area (Å²) in [5.74, 6) is 0.692. The van der Waals surface area contributed by atoms with Crippen molar-refractivity contribution in [3.8, 4) is 6.01 Å². The molecule has 0 radical (unpaired) electrons. The maximum absolute atomic E-state index is 14.9. The van der Waals surface area contributed by atoms with Gasteiger partial charge >= 0.3 is 0 Å². The summed E-state index contributed by atoms with van der Waals surface area (Å²) >= 11 is 0. The number of imidazole rings is 1. The highest BCUT2D eigenvalue weighted by Gasteiger charge is 2.29.